The molecule has 0 spiro atoms. The molecule has 0 aliphatic rings. The summed E-state index contributed by atoms with van der Waals surface area (Å²) >= 11 is 0. The second-order valence-corrected chi connectivity index (χ2v) is 4.59. The van der Waals surface area contributed by atoms with Gasteiger partial charge in [-0.2, -0.15) is 5.26 Å². The van der Waals surface area contributed by atoms with E-state index in [1.165, 1.54) is 0 Å². The summed E-state index contributed by atoms with van der Waals surface area (Å²) < 4.78 is 2.14. The van der Waals surface area contributed by atoms with Crippen molar-refractivity contribution in [1.82, 2.24) is 9.55 Å². The van der Waals surface area contributed by atoms with E-state index >= 15 is 0 Å². The number of benzene rings is 1. The Bertz CT molecular complexity index is 762. The number of nitrogens with zero attached hydrogens (tertiary/aromatic N) is 3. The van der Waals surface area contributed by atoms with Crippen molar-refractivity contribution in [2.24, 2.45) is 7.05 Å². The summed E-state index contributed by atoms with van der Waals surface area (Å²) in [5.41, 5.74) is 5.11. The minimum Gasteiger partial charge on any atom is -0.344 e. The molecule has 0 N–H and O–H groups in total. The van der Waals surface area contributed by atoms with Crippen molar-refractivity contribution >= 4 is 0 Å². The third-order valence-corrected chi connectivity index (χ3v) is 3.39. The Morgan fingerprint density at radius 2 is 1.65 bits per heavy atom. The van der Waals surface area contributed by atoms with E-state index in [1.807, 2.05) is 49.6 Å². The van der Waals surface area contributed by atoms with Gasteiger partial charge < -0.3 is 4.57 Å². The van der Waals surface area contributed by atoms with E-state index < -0.39 is 0 Å². The molecule has 0 saturated carbocycles. The molecule has 96 valence electrons. The lowest BCUT2D eigenvalue weighted by Crippen LogP contribution is -1.94. The first-order valence-corrected chi connectivity index (χ1v) is 6.36. The highest BCUT2D eigenvalue weighted by Gasteiger charge is 2.08. The maximum Gasteiger partial charge on any atom is 0.0991 e. The van der Waals surface area contributed by atoms with Crippen LogP contribution < -0.4 is 0 Å². The van der Waals surface area contributed by atoms with E-state index in [0.717, 1.165) is 22.5 Å². The lowest BCUT2D eigenvalue weighted by Gasteiger charge is -2.08. The zero-order valence-corrected chi connectivity index (χ0v) is 11.1. The molecule has 0 aliphatic heterocycles. The molecular formula is C17H13N3. The normalized spacial score (nSPS) is 10.2. The number of pyridine rings is 1. The minimum atomic E-state index is 0.676. The van der Waals surface area contributed by atoms with Gasteiger partial charge in [0, 0.05) is 36.4 Å². The summed E-state index contributed by atoms with van der Waals surface area (Å²) in [4.78, 5) is 4.16. The van der Waals surface area contributed by atoms with Crippen LogP contribution >= 0.6 is 0 Å². The Hall–Kier alpha value is -2.86. The first-order chi connectivity index (χ1) is 9.79. The average molecular weight is 259 g/mol. The maximum absolute atomic E-state index is 8.84. The summed E-state index contributed by atoms with van der Waals surface area (Å²) in [5, 5.41) is 8.84. The fourth-order valence-corrected chi connectivity index (χ4v) is 2.32. The van der Waals surface area contributed by atoms with E-state index in [4.69, 9.17) is 5.26 Å². The van der Waals surface area contributed by atoms with Gasteiger partial charge in [-0.05, 0) is 42.0 Å². The predicted octanol–water partition coefficient (Wildman–Crippen LogP) is 3.63. The topological polar surface area (TPSA) is 41.6 Å². The van der Waals surface area contributed by atoms with Gasteiger partial charge in [-0.3, -0.25) is 4.98 Å². The number of hydrogen-bond donors (Lipinski definition) is 0. The molecule has 3 rings (SSSR count). The minimum absolute atomic E-state index is 0.676. The lowest BCUT2D eigenvalue weighted by molar-refractivity contribution is 0.945. The zero-order valence-electron chi connectivity index (χ0n) is 11.1. The molecule has 3 heteroatoms. The van der Waals surface area contributed by atoms with Gasteiger partial charge in [0.25, 0.3) is 0 Å². The van der Waals surface area contributed by atoms with Crippen molar-refractivity contribution < 1.29 is 0 Å². The zero-order chi connectivity index (χ0) is 13.9. The summed E-state index contributed by atoms with van der Waals surface area (Å²) in [7, 11) is 2.04. The number of nitriles is 1. The van der Waals surface area contributed by atoms with Crippen LogP contribution in [0.25, 0.3) is 22.5 Å². The standard InChI is InChI=1S/C17H13N3/c1-20-16(14-6-4-13(11-18)5-7-14)8-9-17(20)15-3-2-10-19-12-15/h2-10,12H,1H3. The van der Waals surface area contributed by atoms with Gasteiger partial charge in [0.2, 0.25) is 0 Å². The van der Waals surface area contributed by atoms with Crippen LogP contribution in [0.5, 0.6) is 0 Å². The van der Waals surface area contributed by atoms with Gasteiger partial charge in [-0.15, -0.1) is 0 Å². The monoisotopic (exact) mass is 259 g/mol. The van der Waals surface area contributed by atoms with Gasteiger partial charge >= 0.3 is 0 Å². The highest BCUT2D eigenvalue weighted by atomic mass is 15.0. The molecule has 3 nitrogen and oxygen atoms in total. The van der Waals surface area contributed by atoms with Gasteiger partial charge in [0.1, 0.15) is 0 Å². The largest absolute Gasteiger partial charge is 0.344 e. The van der Waals surface area contributed by atoms with E-state index in [1.54, 1.807) is 6.20 Å². The Morgan fingerprint density at radius 1 is 0.950 bits per heavy atom. The van der Waals surface area contributed by atoms with Crippen molar-refractivity contribution in [3.05, 3.63) is 66.5 Å². The van der Waals surface area contributed by atoms with Crippen molar-refractivity contribution in [1.29, 1.82) is 5.26 Å². The van der Waals surface area contributed by atoms with Crippen LogP contribution in [0.15, 0.2) is 60.9 Å². The van der Waals surface area contributed by atoms with Gasteiger partial charge in [0.15, 0.2) is 0 Å². The van der Waals surface area contributed by atoms with Crippen LogP contribution in [0.1, 0.15) is 5.56 Å². The second-order valence-electron chi connectivity index (χ2n) is 4.59. The van der Waals surface area contributed by atoms with Gasteiger partial charge in [-0.25, -0.2) is 0 Å². The van der Waals surface area contributed by atoms with Gasteiger partial charge in [0.05, 0.1) is 11.6 Å². The highest BCUT2D eigenvalue weighted by molar-refractivity contribution is 5.69. The van der Waals surface area contributed by atoms with Crippen molar-refractivity contribution in [2.45, 2.75) is 0 Å². The van der Waals surface area contributed by atoms with Gasteiger partial charge in [-0.1, -0.05) is 12.1 Å². The third kappa shape index (κ3) is 2.08. The van der Waals surface area contributed by atoms with E-state index in [-0.39, 0.29) is 0 Å². The van der Waals surface area contributed by atoms with E-state index in [2.05, 4.69) is 27.8 Å². The van der Waals surface area contributed by atoms with Crippen LogP contribution in [0.3, 0.4) is 0 Å². The quantitative estimate of drug-likeness (QED) is 0.705. The van der Waals surface area contributed by atoms with Crippen LogP contribution in [-0.2, 0) is 7.05 Å². The smallest absolute Gasteiger partial charge is 0.0991 e. The Morgan fingerprint density at radius 3 is 2.25 bits per heavy atom. The Balaban J connectivity index is 2.04. The Kier molecular flexibility index (Phi) is 3.06. The molecular weight excluding hydrogens is 246 g/mol. The molecule has 2 heterocycles. The predicted molar refractivity (Wildman–Crippen MR) is 78.8 cm³/mol. The molecule has 1 aromatic carbocycles. The van der Waals surface area contributed by atoms with E-state index in [0.29, 0.717) is 5.56 Å². The average Bonchev–Trinajstić information content (AvgIpc) is 2.90. The molecule has 3 aromatic rings. The first kappa shape index (κ1) is 12.2. The van der Waals surface area contributed by atoms with Crippen LogP contribution in [0.2, 0.25) is 0 Å². The number of hydrogen-bond acceptors (Lipinski definition) is 2. The highest BCUT2D eigenvalue weighted by Crippen LogP contribution is 2.27. The van der Waals surface area contributed by atoms with Crippen LogP contribution in [0, 0.1) is 11.3 Å². The fraction of sp³-hybridized carbons (Fsp3) is 0.0588. The van der Waals surface area contributed by atoms with Crippen molar-refractivity contribution in [2.75, 3.05) is 0 Å². The molecule has 0 atom stereocenters. The molecule has 2 aromatic heterocycles. The summed E-state index contributed by atoms with van der Waals surface area (Å²) in [6.07, 6.45) is 3.63. The molecule has 0 radical (unpaired) electrons. The number of aromatic nitrogens is 2. The van der Waals surface area contributed by atoms with Crippen LogP contribution in [0.4, 0.5) is 0 Å². The molecule has 0 amide bonds. The molecule has 0 unspecified atom stereocenters. The molecule has 0 fully saturated rings. The fourth-order valence-electron chi connectivity index (χ4n) is 2.32. The summed E-state index contributed by atoms with van der Waals surface area (Å²) in [6.45, 7) is 0. The lowest BCUT2D eigenvalue weighted by atomic mass is 10.1. The van der Waals surface area contributed by atoms with Crippen molar-refractivity contribution in [3.8, 4) is 28.6 Å². The molecule has 0 aliphatic carbocycles. The summed E-state index contributed by atoms with van der Waals surface area (Å²) in [6, 6.07) is 17.9. The van der Waals surface area contributed by atoms with E-state index in [9.17, 15) is 0 Å². The van der Waals surface area contributed by atoms with Crippen LogP contribution in [-0.4, -0.2) is 9.55 Å². The molecule has 20 heavy (non-hydrogen) atoms. The third-order valence-electron chi connectivity index (χ3n) is 3.39. The SMILES string of the molecule is Cn1c(-c2ccc(C#N)cc2)ccc1-c1cccnc1. The molecule has 0 bridgehead atoms. The Labute approximate surface area is 117 Å². The molecule has 0 saturated heterocycles. The summed E-state index contributed by atoms with van der Waals surface area (Å²) in [5.74, 6) is 0. The van der Waals surface area contributed by atoms with Crippen molar-refractivity contribution in [3.63, 3.8) is 0 Å². The first-order valence-electron chi connectivity index (χ1n) is 6.36. The maximum atomic E-state index is 8.84. The second kappa shape index (κ2) is 5.02. The number of rotatable bonds is 2.